The van der Waals surface area contributed by atoms with Crippen molar-refractivity contribution in [3.63, 3.8) is 0 Å². The average molecular weight is 605 g/mol. The Bertz CT molecular complexity index is 2000. The molecule has 2 aromatic heterocycles. The molecular weight excluding hydrogens is 568 g/mol. The molecule has 6 aromatic rings. The Kier molecular flexibility index (Phi) is 6.37. The number of para-hydroxylation sites is 4. The summed E-state index contributed by atoms with van der Waals surface area (Å²) in [6, 6.07) is 33.6. The number of hydrogen-bond donors (Lipinski definition) is 0. The third kappa shape index (κ3) is 4.09. The quantitative estimate of drug-likeness (QED) is 0.178. The maximum absolute atomic E-state index is 14.3. The first-order chi connectivity index (χ1) is 22.7. The summed E-state index contributed by atoms with van der Waals surface area (Å²) in [5.74, 6) is -0.332. The lowest BCUT2D eigenvalue weighted by Crippen LogP contribution is -2.32. The number of nitrogens with zero attached hydrogens (tertiary/aromatic N) is 4. The maximum Gasteiger partial charge on any atom is 0.239 e. The van der Waals surface area contributed by atoms with Crippen molar-refractivity contribution >= 4 is 45.0 Å². The minimum Gasteiger partial charge on any atom is -0.347 e. The summed E-state index contributed by atoms with van der Waals surface area (Å²) in [6.45, 7) is 3.02. The van der Waals surface area contributed by atoms with E-state index in [1.165, 1.54) is 11.0 Å². The van der Waals surface area contributed by atoms with E-state index in [2.05, 4.69) is 94.3 Å². The highest BCUT2D eigenvalue weighted by atomic mass is 16.2. The van der Waals surface area contributed by atoms with E-state index in [9.17, 15) is 9.59 Å². The van der Waals surface area contributed by atoms with Crippen LogP contribution in [0.25, 0.3) is 21.8 Å². The van der Waals surface area contributed by atoms with Crippen LogP contribution >= 0.6 is 0 Å². The zero-order valence-electron chi connectivity index (χ0n) is 25.8. The highest BCUT2D eigenvalue weighted by molar-refractivity contribution is 6.10. The molecule has 0 fully saturated rings. The Hall–Kier alpha value is -5.10. The largest absolute Gasteiger partial charge is 0.347 e. The second kappa shape index (κ2) is 10.8. The number of fused-ring (bicyclic) bond motifs is 22. The van der Waals surface area contributed by atoms with Gasteiger partial charge < -0.3 is 18.9 Å². The Balaban J connectivity index is 1.13. The van der Waals surface area contributed by atoms with Crippen LogP contribution in [0.4, 0.5) is 11.4 Å². The molecule has 3 aliphatic heterocycles. The van der Waals surface area contributed by atoms with Gasteiger partial charge in [0.05, 0.1) is 11.8 Å². The molecule has 0 aliphatic carbocycles. The smallest absolute Gasteiger partial charge is 0.239 e. The molecule has 9 rings (SSSR count). The monoisotopic (exact) mass is 604 g/mol. The van der Waals surface area contributed by atoms with Crippen molar-refractivity contribution in [2.24, 2.45) is 0 Å². The van der Waals surface area contributed by atoms with Gasteiger partial charge in [0, 0.05) is 71.8 Å². The molecule has 46 heavy (non-hydrogen) atoms. The fourth-order valence-electron chi connectivity index (χ4n) is 8.32. The number of amides is 2. The second-order valence-electron chi connectivity index (χ2n) is 13.0. The van der Waals surface area contributed by atoms with E-state index in [-0.39, 0.29) is 23.7 Å². The van der Waals surface area contributed by atoms with Crippen LogP contribution in [-0.4, -0.2) is 34.0 Å². The predicted octanol–water partition coefficient (Wildman–Crippen LogP) is 7.83. The molecule has 2 atom stereocenters. The van der Waals surface area contributed by atoms with E-state index in [1.807, 2.05) is 34.1 Å². The summed E-state index contributed by atoms with van der Waals surface area (Å²) in [4.78, 5) is 32.5. The van der Waals surface area contributed by atoms with Crippen molar-refractivity contribution in [1.29, 1.82) is 0 Å². The lowest BCUT2D eigenvalue weighted by molar-refractivity contribution is -0.119. The van der Waals surface area contributed by atoms with Crippen molar-refractivity contribution in [3.8, 4) is 0 Å². The van der Waals surface area contributed by atoms with Crippen LogP contribution in [0.15, 0.2) is 109 Å². The molecule has 4 aromatic carbocycles. The fraction of sp³-hybridized carbons (Fsp3) is 0.250. The van der Waals surface area contributed by atoms with Crippen molar-refractivity contribution in [2.45, 2.75) is 50.6 Å². The molecule has 0 spiro atoms. The first-order valence-electron chi connectivity index (χ1n) is 16.7. The highest BCUT2D eigenvalue weighted by Gasteiger charge is 2.41. The van der Waals surface area contributed by atoms with E-state index in [4.69, 9.17) is 0 Å². The number of benzene rings is 4. The molecular formula is C40H36N4O2. The van der Waals surface area contributed by atoms with Gasteiger partial charge in [-0.1, -0.05) is 72.8 Å². The summed E-state index contributed by atoms with van der Waals surface area (Å²) < 4.78 is 4.70. The molecule has 0 radical (unpaired) electrons. The minimum absolute atomic E-state index is 0.148. The van der Waals surface area contributed by atoms with Gasteiger partial charge in [-0.25, -0.2) is 0 Å². The van der Waals surface area contributed by atoms with Gasteiger partial charge in [-0.05, 0) is 72.2 Å². The van der Waals surface area contributed by atoms with Gasteiger partial charge in [0.15, 0.2) is 0 Å². The Morgan fingerprint density at radius 2 is 0.826 bits per heavy atom. The zero-order valence-corrected chi connectivity index (χ0v) is 25.8. The molecule has 6 nitrogen and oxygen atoms in total. The number of aromatic nitrogens is 2. The molecule has 0 saturated heterocycles. The molecule has 0 N–H and O–H groups in total. The van der Waals surface area contributed by atoms with Crippen molar-refractivity contribution < 1.29 is 9.59 Å². The van der Waals surface area contributed by atoms with Gasteiger partial charge in [-0.3, -0.25) is 9.59 Å². The van der Waals surface area contributed by atoms with E-state index in [0.717, 1.165) is 83.2 Å². The van der Waals surface area contributed by atoms with Gasteiger partial charge in [-0.2, -0.15) is 0 Å². The average Bonchev–Trinajstić information content (AvgIpc) is 3.79. The van der Waals surface area contributed by atoms with Crippen LogP contribution in [0.2, 0.25) is 0 Å². The molecule has 0 saturated carbocycles. The van der Waals surface area contributed by atoms with E-state index < -0.39 is 0 Å². The van der Waals surface area contributed by atoms with Gasteiger partial charge in [0.2, 0.25) is 11.8 Å². The summed E-state index contributed by atoms with van der Waals surface area (Å²) in [6.07, 6.45) is 8.10. The van der Waals surface area contributed by atoms with Crippen LogP contribution in [0.5, 0.6) is 0 Å². The van der Waals surface area contributed by atoms with Gasteiger partial charge in [0.25, 0.3) is 0 Å². The lowest BCUT2D eigenvalue weighted by atomic mass is 9.92. The Morgan fingerprint density at radius 1 is 0.435 bits per heavy atom. The van der Waals surface area contributed by atoms with E-state index in [1.54, 1.807) is 0 Å². The van der Waals surface area contributed by atoms with Gasteiger partial charge >= 0.3 is 0 Å². The normalized spacial score (nSPS) is 19.9. The van der Waals surface area contributed by atoms with Crippen LogP contribution in [0.1, 0.15) is 59.8 Å². The first kappa shape index (κ1) is 27.2. The maximum atomic E-state index is 14.3. The Labute approximate surface area is 268 Å². The number of aryl methyl sites for hydroxylation is 2. The van der Waals surface area contributed by atoms with E-state index in [0.29, 0.717) is 13.1 Å². The van der Waals surface area contributed by atoms with Gasteiger partial charge in [0.1, 0.15) is 0 Å². The van der Waals surface area contributed by atoms with Crippen LogP contribution in [0, 0.1) is 0 Å². The topological polar surface area (TPSA) is 50.5 Å². The minimum atomic E-state index is -0.314. The van der Waals surface area contributed by atoms with Crippen molar-refractivity contribution in [2.75, 3.05) is 22.9 Å². The number of carbonyl (C=O) groups excluding carboxylic acids is 2. The Morgan fingerprint density at radius 3 is 1.30 bits per heavy atom. The number of hydrogen-bond acceptors (Lipinski definition) is 2. The van der Waals surface area contributed by atoms with Crippen LogP contribution < -0.4 is 9.80 Å². The zero-order chi connectivity index (χ0) is 30.8. The third-order valence-electron chi connectivity index (χ3n) is 10.4. The number of rotatable bonds is 0. The van der Waals surface area contributed by atoms with Crippen LogP contribution in [0.3, 0.4) is 0 Å². The summed E-state index contributed by atoms with van der Waals surface area (Å²) in [5.41, 5.74) is 8.75. The summed E-state index contributed by atoms with van der Waals surface area (Å²) >= 11 is 0. The number of anilines is 2. The SMILES string of the molecule is O=C1[C@@H]2c3ccccc3N1CCCCN1C(=O)[C@H](c3ccccc31)c1cn(c3ccccc13)CCCCn1cc2c2ccccc21. The lowest BCUT2D eigenvalue weighted by Gasteiger charge is -2.21. The molecule has 6 heteroatoms. The van der Waals surface area contributed by atoms with Crippen molar-refractivity contribution in [1.82, 2.24) is 9.13 Å². The summed E-state index contributed by atoms with van der Waals surface area (Å²) in [5, 5.41) is 2.32. The summed E-state index contributed by atoms with van der Waals surface area (Å²) in [7, 11) is 0. The van der Waals surface area contributed by atoms with Crippen molar-refractivity contribution in [3.05, 3.63) is 132 Å². The highest BCUT2D eigenvalue weighted by Crippen LogP contribution is 2.45. The molecule has 8 bridgehead atoms. The molecule has 2 amide bonds. The van der Waals surface area contributed by atoms with Crippen LogP contribution in [-0.2, 0) is 22.7 Å². The predicted molar refractivity (Wildman–Crippen MR) is 184 cm³/mol. The molecule has 228 valence electrons. The van der Waals surface area contributed by atoms with Gasteiger partial charge in [-0.15, -0.1) is 0 Å². The molecule has 0 unspecified atom stereocenters. The number of carbonyl (C=O) groups is 2. The molecule has 5 heterocycles. The third-order valence-corrected chi connectivity index (χ3v) is 10.4. The first-order valence-corrected chi connectivity index (χ1v) is 16.7. The van der Waals surface area contributed by atoms with E-state index >= 15 is 0 Å². The molecule has 3 aliphatic rings. The standard InChI is InChI=1S/C40H36N4O2/c45-39-37-29-15-3-7-19-35(29)43(39)23-11-12-24-44-36-20-8-4-16-30(36)38(40(44)46)32-26-42(34-18-6-2-14-28(32)34)22-10-9-21-41-25-31(37)27-13-1-5-17-33(27)41/h1-8,13-20,25-26,37-38H,9-12,21-24H2/t37-,38-/m1/s1. The fourth-order valence-corrected chi connectivity index (χ4v) is 8.32. The second-order valence-corrected chi connectivity index (χ2v) is 13.0.